The summed E-state index contributed by atoms with van der Waals surface area (Å²) in [5.74, 6) is 0. The number of pyridine rings is 1. The van der Waals surface area contributed by atoms with Gasteiger partial charge in [-0.3, -0.25) is 14.8 Å². The van der Waals surface area contributed by atoms with Crippen LogP contribution in [-0.2, 0) is 6.54 Å². The Morgan fingerprint density at radius 3 is 2.94 bits per heavy atom. The Morgan fingerprint density at radius 1 is 1.47 bits per heavy atom. The van der Waals surface area contributed by atoms with Crippen molar-refractivity contribution < 1.29 is 5.11 Å². The van der Waals surface area contributed by atoms with Gasteiger partial charge in [-0.2, -0.15) is 0 Å². The van der Waals surface area contributed by atoms with E-state index in [0.29, 0.717) is 6.04 Å². The molecule has 17 heavy (non-hydrogen) atoms. The Balaban J connectivity index is 1.82. The fraction of sp³-hybridized carbons (Fsp3) is 0.615. The highest BCUT2D eigenvalue weighted by Crippen LogP contribution is 2.16. The van der Waals surface area contributed by atoms with Crippen LogP contribution >= 0.6 is 0 Å². The van der Waals surface area contributed by atoms with Crippen molar-refractivity contribution in [2.75, 3.05) is 33.3 Å². The standard InChI is InChI=1S/C13H21N3O/c1-15(8-9-17)13-4-7-16(11-13)10-12-2-5-14-6-3-12/h2-3,5-6,13,17H,4,7-11H2,1H3. The number of rotatable bonds is 5. The summed E-state index contributed by atoms with van der Waals surface area (Å²) in [6.07, 6.45) is 4.89. The molecule has 2 rings (SSSR count). The van der Waals surface area contributed by atoms with Gasteiger partial charge < -0.3 is 5.11 Å². The Hall–Kier alpha value is -0.970. The molecule has 1 fully saturated rings. The fourth-order valence-corrected chi connectivity index (χ4v) is 2.40. The summed E-state index contributed by atoms with van der Waals surface area (Å²) in [5.41, 5.74) is 1.32. The van der Waals surface area contributed by atoms with Crippen LogP contribution in [0.5, 0.6) is 0 Å². The third kappa shape index (κ3) is 3.49. The van der Waals surface area contributed by atoms with Gasteiger partial charge in [0.1, 0.15) is 0 Å². The van der Waals surface area contributed by atoms with E-state index in [0.717, 1.165) is 26.2 Å². The summed E-state index contributed by atoms with van der Waals surface area (Å²) in [7, 11) is 2.09. The van der Waals surface area contributed by atoms with Gasteiger partial charge in [-0.1, -0.05) is 0 Å². The molecule has 0 aliphatic carbocycles. The lowest BCUT2D eigenvalue weighted by Gasteiger charge is -2.23. The molecule has 1 aromatic rings. The van der Waals surface area contributed by atoms with Crippen LogP contribution in [0.2, 0.25) is 0 Å². The molecular formula is C13H21N3O. The fourth-order valence-electron chi connectivity index (χ4n) is 2.40. The van der Waals surface area contributed by atoms with Gasteiger partial charge in [0.25, 0.3) is 0 Å². The van der Waals surface area contributed by atoms with E-state index in [1.165, 1.54) is 12.0 Å². The minimum Gasteiger partial charge on any atom is -0.395 e. The summed E-state index contributed by atoms with van der Waals surface area (Å²) in [5, 5.41) is 8.94. The van der Waals surface area contributed by atoms with Crippen LogP contribution in [0.15, 0.2) is 24.5 Å². The van der Waals surface area contributed by atoms with Gasteiger partial charge in [0, 0.05) is 44.6 Å². The minimum atomic E-state index is 0.247. The van der Waals surface area contributed by atoms with Crippen molar-refractivity contribution >= 4 is 0 Å². The monoisotopic (exact) mass is 235 g/mol. The lowest BCUT2D eigenvalue weighted by atomic mass is 10.2. The van der Waals surface area contributed by atoms with Crippen molar-refractivity contribution in [3.63, 3.8) is 0 Å². The second kappa shape index (κ2) is 6.10. The molecule has 0 radical (unpaired) electrons. The van der Waals surface area contributed by atoms with Crippen molar-refractivity contribution in [1.29, 1.82) is 0 Å². The van der Waals surface area contributed by atoms with Crippen LogP contribution in [0.3, 0.4) is 0 Å². The maximum absolute atomic E-state index is 8.94. The van der Waals surface area contributed by atoms with Crippen molar-refractivity contribution in [2.45, 2.75) is 19.0 Å². The van der Waals surface area contributed by atoms with E-state index in [1.54, 1.807) is 0 Å². The maximum atomic E-state index is 8.94. The number of aliphatic hydroxyl groups is 1. The lowest BCUT2D eigenvalue weighted by molar-refractivity contribution is 0.177. The van der Waals surface area contributed by atoms with Gasteiger partial charge in [-0.25, -0.2) is 0 Å². The van der Waals surface area contributed by atoms with Crippen LogP contribution in [0.1, 0.15) is 12.0 Å². The quantitative estimate of drug-likeness (QED) is 0.810. The normalized spacial score (nSPS) is 21.2. The summed E-state index contributed by atoms with van der Waals surface area (Å²) in [6.45, 7) is 4.26. The molecule has 1 aliphatic rings. The highest BCUT2D eigenvalue weighted by atomic mass is 16.3. The van der Waals surface area contributed by atoms with E-state index in [2.05, 4.69) is 34.0 Å². The number of likely N-dealkylation sites (tertiary alicyclic amines) is 1. The first kappa shape index (κ1) is 12.5. The molecule has 4 nitrogen and oxygen atoms in total. The summed E-state index contributed by atoms with van der Waals surface area (Å²) < 4.78 is 0. The average Bonchev–Trinajstić information content (AvgIpc) is 2.79. The Labute approximate surface area is 103 Å². The zero-order chi connectivity index (χ0) is 12.1. The third-order valence-electron chi connectivity index (χ3n) is 3.48. The summed E-state index contributed by atoms with van der Waals surface area (Å²) >= 11 is 0. The lowest BCUT2D eigenvalue weighted by Crippen LogP contribution is -2.36. The predicted molar refractivity (Wildman–Crippen MR) is 67.6 cm³/mol. The molecular weight excluding hydrogens is 214 g/mol. The number of nitrogens with zero attached hydrogens (tertiary/aromatic N) is 3. The Kier molecular flexibility index (Phi) is 4.48. The molecule has 1 aromatic heterocycles. The van der Waals surface area contributed by atoms with Gasteiger partial charge in [-0.05, 0) is 31.2 Å². The van der Waals surface area contributed by atoms with E-state index < -0.39 is 0 Å². The van der Waals surface area contributed by atoms with E-state index in [4.69, 9.17) is 5.11 Å². The smallest absolute Gasteiger partial charge is 0.0558 e. The second-order valence-corrected chi connectivity index (χ2v) is 4.74. The Morgan fingerprint density at radius 2 is 2.24 bits per heavy atom. The Bertz CT molecular complexity index is 331. The molecule has 0 amide bonds. The van der Waals surface area contributed by atoms with Crippen LogP contribution in [-0.4, -0.2) is 59.2 Å². The summed E-state index contributed by atoms with van der Waals surface area (Å²) in [6, 6.07) is 4.74. The molecule has 1 saturated heterocycles. The van der Waals surface area contributed by atoms with Crippen LogP contribution in [0.4, 0.5) is 0 Å². The van der Waals surface area contributed by atoms with Crippen LogP contribution in [0, 0.1) is 0 Å². The van der Waals surface area contributed by atoms with Gasteiger partial charge in [-0.15, -0.1) is 0 Å². The van der Waals surface area contributed by atoms with E-state index in [1.807, 2.05) is 12.4 Å². The zero-order valence-corrected chi connectivity index (χ0v) is 10.4. The van der Waals surface area contributed by atoms with Crippen molar-refractivity contribution in [2.24, 2.45) is 0 Å². The minimum absolute atomic E-state index is 0.247. The van der Waals surface area contributed by atoms with Crippen molar-refractivity contribution in [1.82, 2.24) is 14.8 Å². The topological polar surface area (TPSA) is 39.6 Å². The molecule has 0 saturated carbocycles. The maximum Gasteiger partial charge on any atom is 0.0558 e. The molecule has 2 heterocycles. The van der Waals surface area contributed by atoms with E-state index in [-0.39, 0.29) is 6.61 Å². The number of hydrogen-bond donors (Lipinski definition) is 1. The van der Waals surface area contributed by atoms with Crippen molar-refractivity contribution in [3.05, 3.63) is 30.1 Å². The van der Waals surface area contributed by atoms with Crippen LogP contribution in [0.25, 0.3) is 0 Å². The van der Waals surface area contributed by atoms with Crippen molar-refractivity contribution in [3.8, 4) is 0 Å². The molecule has 4 heteroatoms. The first-order valence-corrected chi connectivity index (χ1v) is 6.22. The van der Waals surface area contributed by atoms with Gasteiger partial charge >= 0.3 is 0 Å². The molecule has 0 bridgehead atoms. The average molecular weight is 235 g/mol. The number of aromatic nitrogens is 1. The van der Waals surface area contributed by atoms with Crippen LogP contribution < -0.4 is 0 Å². The number of likely N-dealkylation sites (N-methyl/N-ethyl adjacent to an activating group) is 1. The van der Waals surface area contributed by atoms with E-state index >= 15 is 0 Å². The molecule has 1 atom stereocenters. The molecule has 1 aliphatic heterocycles. The molecule has 1 unspecified atom stereocenters. The first-order valence-electron chi connectivity index (χ1n) is 6.22. The molecule has 1 N–H and O–H groups in total. The largest absolute Gasteiger partial charge is 0.395 e. The third-order valence-corrected chi connectivity index (χ3v) is 3.48. The predicted octanol–water partition coefficient (Wildman–Crippen LogP) is 0.580. The van der Waals surface area contributed by atoms with E-state index in [9.17, 15) is 0 Å². The molecule has 0 aromatic carbocycles. The summed E-state index contributed by atoms with van der Waals surface area (Å²) in [4.78, 5) is 8.76. The first-order chi connectivity index (χ1) is 8.29. The highest BCUT2D eigenvalue weighted by Gasteiger charge is 2.25. The van der Waals surface area contributed by atoms with Gasteiger partial charge in [0.2, 0.25) is 0 Å². The van der Waals surface area contributed by atoms with Gasteiger partial charge in [0.15, 0.2) is 0 Å². The molecule has 0 spiro atoms. The second-order valence-electron chi connectivity index (χ2n) is 4.74. The molecule has 94 valence electrons. The zero-order valence-electron chi connectivity index (χ0n) is 10.4. The number of aliphatic hydroxyl groups excluding tert-OH is 1. The SMILES string of the molecule is CN(CCO)C1CCN(Cc2ccncc2)C1. The van der Waals surface area contributed by atoms with Gasteiger partial charge in [0.05, 0.1) is 6.61 Å². The highest BCUT2D eigenvalue weighted by molar-refractivity contribution is 5.09. The number of hydrogen-bond acceptors (Lipinski definition) is 4.